The molecule has 0 amide bonds. The van der Waals surface area contributed by atoms with E-state index in [2.05, 4.69) is 20.5 Å². The molecule has 2 N–H and O–H groups in total. The number of anilines is 2. The fourth-order valence-electron chi connectivity index (χ4n) is 2.48. The van der Waals surface area contributed by atoms with Gasteiger partial charge in [-0.25, -0.2) is 23.7 Å². The molecule has 0 fully saturated rings. The van der Waals surface area contributed by atoms with Crippen molar-refractivity contribution in [2.45, 2.75) is 0 Å². The monoisotopic (exact) mass is 355 g/mol. The maximum atomic E-state index is 13.2. The lowest BCUT2D eigenvalue weighted by Crippen LogP contribution is -2.14. The predicted molar refractivity (Wildman–Crippen MR) is 93.7 cm³/mol. The summed E-state index contributed by atoms with van der Waals surface area (Å²) in [6, 6.07) is 15.1. The minimum Gasteiger partial charge on any atom is -0.324 e. The van der Waals surface area contributed by atoms with E-state index in [1.807, 2.05) is 30.3 Å². The molecule has 2 heterocycles. The van der Waals surface area contributed by atoms with Gasteiger partial charge in [-0.1, -0.05) is 41.9 Å². The van der Waals surface area contributed by atoms with Crippen molar-refractivity contribution in [1.29, 1.82) is 0 Å². The summed E-state index contributed by atoms with van der Waals surface area (Å²) in [5, 5.41) is 9.54. The van der Waals surface area contributed by atoms with Crippen molar-refractivity contribution in [2.24, 2.45) is 0 Å². The first-order chi connectivity index (χ1) is 12.1. The first kappa shape index (κ1) is 15.3. The van der Waals surface area contributed by atoms with Gasteiger partial charge in [0.15, 0.2) is 5.65 Å². The van der Waals surface area contributed by atoms with Gasteiger partial charge in [0.1, 0.15) is 5.82 Å². The lowest BCUT2D eigenvalue weighted by Gasteiger charge is -2.11. The van der Waals surface area contributed by atoms with E-state index in [4.69, 9.17) is 11.6 Å². The van der Waals surface area contributed by atoms with Crippen LogP contribution in [0.2, 0.25) is 5.02 Å². The van der Waals surface area contributed by atoms with E-state index in [0.717, 1.165) is 5.56 Å². The highest BCUT2D eigenvalue weighted by Gasteiger charge is 2.13. The molecule has 0 aliphatic heterocycles. The standard InChI is InChI=1S/C17H11ClFN5O/c18-12-8-11(19)6-7-13(12)20-16-21-14(10-4-2-1-3-5-10)9-15-22-23-17(25)24(15)16/h1-9H,(H,20,21)(H,23,25). The fraction of sp³-hybridized carbons (Fsp3) is 0. The van der Waals surface area contributed by atoms with E-state index >= 15 is 0 Å². The lowest BCUT2D eigenvalue weighted by atomic mass is 10.1. The number of benzene rings is 2. The maximum absolute atomic E-state index is 13.2. The number of hydrogen-bond acceptors (Lipinski definition) is 4. The summed E-state index contributed by atoms with van der Waals surface area (Å²) < 4.78 is 14.5. The van der Waals surface area contributed by atoms with Gasteiger partial charge in [-0.3, -0.25) is 0 Å². The van der Waals surface area contributed by atoms with Crippen molar-refractivity contribution < 1.29 is 4.39 Å². The Bertz CT molecular complexity index is 1120. The first-order valence-electron chi connectivity index (χ1n) is 7.37. The molecule has 2 aromatic carbocycles. The molecule has 0 saturated carbocycles. The first-order valence-corrected chi connectivity index (χ1v) is 7.75. The Morgan fingerprint density at radius 2 is 1.92 bits per heavy atom. The summed E-state index contributed by atoms with van der Waals surface area (Å²) in [5.41, 5.74) is 1.89. The molecule has 0 aliphatic rings. The van der Waals surface area contributed by atoms with Crippen molar-refractivity contribution in [1.82, 2.24) is 19.6 Å². The predicted octanol–water partition coefficient (Wildman–Crippen LogP) is 3.62. The van der Waals surface area contributed by atoms with Gasteiger partial charge >= 0.3 is 5.69 Å². The van der Waals surface area contributed by atoms with E-state index < -0.39 is 11.5 Å². The SMILES string of the molecule is O=c1[nH]nc2cc(-c3ccccc3)nc(Nc3ccc(F)cc3Cl)n12. The van der Waals surface area contributed by atoms with Crippen LogP contribution in [0.3, 0.4) is 0 Å². The lowest BCUT2D eigenvalue weighted by molar-refractivity contribution is 0.628. The third-order valence-corrected chi connectivity index (χ3v) is 3.96. The summed E-state index contributed by atoms with van der Waals surface area (Å²) in [6.07, 6.45) is 0. The molecular weight excluding hydrogens is 345 g/mol. The van der Waals surface area contributed by atoms with Crippen LogP contribution in [0.15, 0.2) is 59.4 Å². The average Bonchev–Trinajstić information content (AvgIpc) is 2.99. The van der Waals surface area contributed by atoms with Crippen LogP contribution in [-0.2, 0) is 0 Å². The number of nitrogens with zero attached hydrogens (tertiary/aromatic N) is 3. The van der Waals surface area contributed by atoms with Crippen LogP contribution in [0.25, 0.3) is 16.9 Å². The number of halogens is 2. The Balaban J connectivity index is 1.89. The molecule has 0 spiro atoms. The Morgan fingerprint density at radius 1 is 1.12 bits per heavy atom. The van der Waals surface area contributed by atoms with Gasteiger partial charge < -0.3 is 5.32 Å². The smallest absolute Gasteiger partial charge is 0.324 e. The number of aromatic amines is 1. The fourth-order valence-corrected chi connectivity index (χ4v) is 2.70. The second-order valence-corrected chi connectivity index (χ2v) is 5.71. The summed E-state index contributed by atoms with van der Waals surface area (Å²) >= 11 is 6.06. The third kappa shape index (κ3) is 2.85. The minimum absolute atomic E-state index is 0.177. The molecule has 25 heavy (non-hydrogen) atoms. The van der Waals surface area contributed by atoms with E-state index in [-0.39, 0.29) is 11.0 Å². The molecule has 0 radical (unpaired) electrons. The largest absolute Gasteiger partial charge is 0.350 e. The average molecular weight is 356 g/mol. The third-order valence-electron chi connectivity index (χ3n) is 3.65. The van der Waals surface area contributed by atoms with Crippen LogP contribution in [0.5, 0.6) is 0 Å². The van der Waals surface area contributed by atoms with Gasteiger partial charge in [0.2, 0.25) is 5.95 Å². The number of aromatic nitrogens is 4. The molecule has 4 rings (SSSR count). The van der Waals surface area contributed by atoms with Crippen LogP contribution < -0.4 is 11.0 Å². The summed E-state index contributed by atoms with van der Waals surface area (Å²) in [7, 11) is 0. The number of rotatable bonds is 3. The molecule has 0 saturated heterocycles. The number of fused-ring (bicyclic) bond motifs is 1. The Morgan fingerprint density at radius 3 is 2.68 bits per heavy atom. The minimum atomic E-state index is -0.452. The van der Waals surface area contributed by atoms with Gasteiger partial charge in [0.25, 0.3) is 0 Å². The van der Waals surface area contributed by atoms with Gasteiger partial charge in [-0.15, -0.1) is 0 Å². The van der Waals surface area contributed by atoms with E-state index in [9.17, 15) is 9.18 Å². The van der Waals surface area contributed by atoms with Crippen molar-refractivity contribution in [2.75, 3.05) is 5.32 Å². The molecule has 0 unspecified atom stereocenters. The second-order valence-electron chi connectivity index (χ2n) is 5.30. The molecular formula is C17H11ClFN5O. The van der Waals surface area contributed by atoms with E-state index in [1.54, 1.807) is 6.07 Å². The van der Waals surface area contributed by atoms with E-state index in [0.29, 0.717) is 17.0 Å². The molecule has 0 aliphatic carbocycles. The highest BCUT2D eigenvalue weighted by Crippen LogP contribution is 2.27. The van der Waals surface area contributed by atoms with Crippen molar-refractivity contribution >= 4 is 28.9 Å². The Hall–Kier alpha value is -3.19. The zero-order valence-corrected chi connectivity index (χ0v) is 13.5. The molecule has 124 valence electrons. The second kappa shape index (κ2) is 6.03. The van der Waals surface area contributed by atoms with Crippen LogP contribution in [0.4, 0.5) is 16.0 Å². The number of nitrogens with one attached hydrogen (secondary N) is 2. The summed E-state index contributed by atoms with van der Waals surface area (Å²) in [6.45, 7) is 0. The normalized spacial score (nSPS) is 11.0. The van der Waals surface area contributed by atoms with Crippen molar-refractivity contribution in [3.05, 3.63) is 75.9 Å². The van der Waals surface area contributed by atoms with Crippen LogP contribution >= 0.6 is 11.6 Å². The van der Waals surface area contributed by atoms with Gasteiger partial charge in [-0.05, 0) is 18.2 Å². The quantitative estimate of drug-likeness (QED) is 0.588. The zero-order chi connectivity index (χ0) is 17.4. The van der Waals surface area contributed by atoms with E-state index in [1.165, 1.54) is 22.6 Å². The number of hydrogen-bond donors (Lipinski definition) is 2. The topological polar surface area (TPSA) is 75.1 Å². The van der Waals surface area contributed by atoms with Gasteiger partial charge in [0, 0.05) is 11.6 Å². The Kier molecular flexibility index (Phi) is 3.70. The zero-order valence-electron chi connectivity index (χ0n) is 12.7. The molecule has 0 bridgehead atoms. The van der Waals surface area contributed by atoms with Crippen molar-refractivity contribution in [3.63, 3.8) is 0 Å². The van der Waals surface area contributed by atoms with Crippen LogP contribution in [0, 0.1) is 5.82 Å². The molecule has 2 aromatic heterocycles. The number of H-pyrrole nitrogens is 1. The highest BCUT2D eigenvalue weighted by atomic mass is 35.5. The Labute approximate surface area is 145 Å². The molecule has 4 aromatic rings. The van der Waals surface area contributed by atoms with Gasteiger partial charge in [-0.2, -0.15) is 5.10 Å². The highest BCUT2D eigenvalue weighted by molar-refractivity contribution is 6.33. The van der Waals surface area contributed by atoms with Crippen LogP contribution in [0.1, 0.15) is 0 Å². The van der Waals surface area contributed by atoms with Gasteiger partial charge in [0.05, 0.1) is 16.4 Å². The molecule has 6 nitrogen and oxygen atoms in total. The van der Waals surface area contributed by atoms with Crippen LogP contribution in [-0.4, -0.2) is 19.6 Å². The molecule has 0 atom stereocenters. The maximum Gasteiger partial charge on any atom is 0.350 e. The van der Waals surface area contributed by atoms with Crippen molar-refractivity contribution in [3.8, 4) is 11.3 Å². The summed E-state index contributed by atoms with van der Waals surface area (Å²) in [4.78, 5) is 16.6. The summed E-state index contributed by atoms with van der Waals surface area (Å²) in [5.74, 6) is -0.226. The molecule has 8 heteroatoms.